The van der Waals surface area contributed by atoms with Gasteiger partial charge in [-0.3, -0.25) is 0 Å². The Morgan fingerprint density at radius 1 is 1.25 bits per heavy atom. The van der Waals surface area contributed by atoms with Gasteiger partial charge in [0.05, 0.1) is 0 Å². The van der Waals surface area contributed by atoms with Crippen LogP contribution in [-0.2, 0) is 0 Å². The average Bonchev–Trinajstić information content (AvgIpc) is 1.25. The van der Waals surface area contributed by atoms with E-state index < -0.39 is 22.5 Å². The molecule has 0 fully saturated rings. The van der Waals surface area contributed by atoms with Gasteiger partial charge in [0.1, 0.15) is 0 Å². The van der Waals surface area contributed by atoms with Crippen LogP contribution >= 0.6 is 12.0 Å². The monoisotopic (exact) mass is 386 g/mol. The fourth-order valence-electron chi connectivity index (χ4n) is 0. The first-order chi connectivity index (χ1) is 3.25. The predicted octanol–water partition coefficient (Wildman–Crippen LogP) is 2.69. The van der Waals surface area contributed by atoms with Crippen molar-refractivity contribution < 1.29 is 13.2 Å². The molecule has 5 heteroatoms. The van der Waals surface area contributed by atoms with Gasteiger partial charge in [-0.05, 0) is 0 Å². The summed E-state index contributed by atoms with van der Waals surface area (Å²) in [5.41, 5.74) is 0. The third-order valence-electron chi connectivity index (χ3n) is 0.674. The van der Waals surface area contributed by atoms with Crippen molar-refractivity contribution in [3.05, 3.63) is 0 Å². The third kappa shape index (κ3) is 2.65. The summed E-state index contributed by atoms with van der Waals surface area (Å²) in [6, 6.07) is 0. The topological polar surface area (TPSA) is 0 Å². The molecular weight excluding hydrogens is 380 g/mol. The van der Waals surface area contributed by atoms with E-state index >= 15 is 0 Å². The van der Waals surface area contributed by atoms with Gasteiger partial charge in [0.15, 0.2) is 0 Å². The first kappa shape index (κ1) is 9.19. The van der Waals surface area contributed by atoms with Crippen LogP contribution in [0.5, 0.6) is 0 Å². The van der Waals surface area contributed by atoms with Crippen molar-refractivity contribution in [3.8, 4) is 0 Å². The Morgan fingerprint density at radius 3 is 1.38 bits per heavy atom. The summed E-state index contributed by atoms with van der Waals surface area (Å²) in [6.07, 6.45) is 0. The average molecular weight is 386 g/mol. The summed E-state index contributed by atoms with van der Waals surface area (Å²) < 4.78 is 33.5. The Morgan fingerprint density at radius 2 is 1.38 bits per heavy atom. The molecule has 0 amide bonds. The molecule has 0 N–H and O–H groups in total. The molecule has 0 spiro atoms. The summed E-state index contributed by atoms with van der Waals surface area (Å²) in [4.78, 5) is 0. The first-order valence-electron chi connectivity index (χ1n) is 2.01. The van der Waals surface area contributed by atoms with E-state index in [2.05, 4.69) is 12.0 Å². The minimum absolute atomic E-state index is 1.28. The summed E-state index contributed by atoms with van der Waals surface area (Å²) in [7, 11) is 0. The molecule has 0 nitrogen and oxygen atoms in total. The van der Waals surface area contributed by atoms with E-state index in [0.29, 0.717) is 0 Å². The van der Waals surface area contributed by atoms with Crippen molar-refractivity contribution in [2.24, 2.45) is 0 Å². The molecule has 0 aliphatic heterocycles. The van der Waals surface area contributed by atoms with Crippen molar-refractivity contribution in [3.63, 3.8) is 0 Å². The zero-order valence-electron chi connectivity index (χ0n) is 4.51. The van der Waals surface area contributed by atoms with Gasteiger partial charge in [0.2, 0.25) is 0 Å². The molecule has 0 unspecified atom stereocenters. The SMILES string of the molecule is [CH3][Pb]([CH3])([Br])[C](F)(F)F. The van der Waals surface area contributed by atoms with E-state index in [4.69, 9.17) is 0 Å². The molecule has 0 aliphatic rings. The fraction of sp³-hybridized carbons (Fsp3) is 1.00. The van der Waals surface area contributed by atoms with E-state index in [0.717, 1.165) is 0 Å². The molecule has 0 aromatic rings. The quantitative estimate of drug-likeness (QED) is 0.562. The summed E-state index contributed by atoms with van der Waals surface area (Å²) >= 11 is -1.13. The molecule has 0 aliphatic carbocycles. The van der Waals surface area contributed by atoms with Gasteiger partial charge in [0, 0.05) is 0 Å². The number of rotatable bonds is 0. The number of halogens is 4. The molecule has 0 radical (unpaired) electrons. The standard InChI is InChI=1S/CF3.2CH3.BrH.Pb/c2-1(3)4;;;;/h;2*1H3;1H;/q;;;;+1/p-1. The van der Waals surface area contributed by atoms with Gasteiger partial charge in [-0.15, -0.1) is 0 Å². The molecule has 50 valence electrons. The van der Waals surface area contributed by atoms with Crippen LogP contribution in [0.15, 0.2) is 0 Å². The van der Waals surface area contributed by atoms with Crippen LogP contribution in [0.2, 0.25) is 8.97 Å². The molecular formula is C3H6BrF3Pb. The third-order valence-corrected chi connectivity index (χ3v) is 9.86. The number of hydrogen-bond donors (Lipinski definition) is 0. The first-order valence-corrected chi connectivity index (χ1v) is 20.2. The Kier molecular flexibility index (Phi) is 2.80. The molecule has 0 aromatic heterocycles. The zero-order chi connectivity index (χ0) is 7.00. The Balaban J connectivity index is 4.02. The maximum absolute atomic E-state index is 11.6. The molecule has 0 saturated heterocycles. The van der Waals surface area contributed by atoms with Crippen molar-refractivity contribution in [2.75, 3.05) is 0 Å². The second-order valence-corrected chi connectivity index (χ2v) is 33.0. The van der Waals surface area contributed by atoms with Crippen molar-refractivity contribution in [2.45, 2.75) is 12.7 Å². The number of hydrogen-bond acceptors (Lipinski definition) is 0. The van der Waals surface area contributed by atoms with Crippen LogP contribution < -0.4 is 0 Å². The second-order valence-electron chi connectivity index (χ2n) is 1.97. The normalized spacial score (nSPS) is 14.2. The Bertz CT molecular complexity index is 69.5. The van der Waals surface area contributed by atoms with E-state index in [-0.39, 0.29) is 0 Å². The van der Waals surface area contributed by atoms with E-state index in [9.17, 15) is 13.2 Å². The van der Waals surface area contributed by atoms with Gasteiger partial charge >= 0.3 is 56.6 Å². The molecule has 0 atom stereocenters. The summed E-state index contributed by atoms with van der Waals surface area (Å²) in [6.45, 7) is 0. The second kappa shape index (κ2) is 2.43. The Labute approximate surface area is 56.4 Å². The molecule has 0 aromatic carbocycles. The fourth-order valence-corrected chi connectivity index (χ4v) is 0. The molecule has 0 bridgehead atoms. The van der Waals surface area contributed by atoms with Crippen LogP contribution in [-0.4, -0.2) is 22.5 Å². The molecule has 0 heterocycles. The van der Waals surface area contributed by atoms with Gasteiger partial charge in [0.25, 0.3) is 0 Å². The van der Waals surface area contributed by atoms with Crippen molar-refractivity contribution in [1.29, 1.82) is 0 Å². The van der Waals surface area contributed by atoms with Crippen molar-refractivity contribution in [1.82, 2.24) is 0 Å². The summed E-state index contributed by atoms with van der Waals surface area (Å²) in [5.74, 6) is 0. The van der Waals surface area contributed by atoms with Gasteiger partial charge < -0.3 is 0 Å². The van der Waals surface area contributed by atoms with Crippen LogP contribution in [0.25, 0.3) is 0 Å². The van der Waals surface area contributed by atoms with Crippen LogP contribution in [0.1, 0.15) is 0 Å². The zero-order valence-corrected chi connectivity index (χ0v) is 9.99. The number of alkyl halides is 3. The molecule has 8 heavy (non-hydrogen) atoms. The predicted molar refractivity (Wildman–Crippen MR) is 32.5 cm³/mol. The molecule has 0 saturated carbocycles. The van der Waals surface area contributed by atoms with Crippen molar-refractivity contribution >= 4 is 30.7 Å². The maximum atomic E-state index is 11.6. The van der Waals surface area contributed by atoms with Gasteiger partial charge in [-0.25, -0.2) is 0 Å². The van der Waals surface area contributed by atoms with Gasteiger partial charge in [-0.1, -0.05) is 0 Å². The van der Waals surface area contributed by atoms with Gasteiger partial charge in [-0.2, -0.15) is 0 Å². The summed E-state index contributed by atoms with van der Waals surface area (Å²) in [5, 5.41) is 0. The van der Waals surface area contributed by atoms with Crippen LogP contribution in [0.3, 0.4) is 0 Å². The van der Waals surface area contributed by atoms with Crippen LogP contribution in [0, 0.1) is 0 Å². The molecule has 0 rings (SSSR count). The van der Waals surface area contributed by atoms with E-state index in [1.165, 1.54) is 8.97 Å². The van der Waals surface area contributed by atoms with E-state index in [1.807, 2.05) is 0 Å². The van der Waals surface area contributed by atoms with Crippen LogP contribution in [0.4, 0.5) is 13.2 Å². The van der Waals surface area contributed by atoms with E-state index in [1.54, 1.807) is 0 Å². The minimum atomic E-state index is -3.92. The Hall–Kier alpha value is 1.19.